The zero-order valence-electron chi connectivity index (χ0n) is 15.8. The van der Waals surface area contributed by atoms with E-state index in [9.17, 15) is 4.79 Å². The van der Waals surface area contributed by atoms with Crippen LogP contribution in [-0.4, -0.2) is 24.2 Å². The number of ether oxygens (including phenoxy) is 1. The van der Waals surface area contributed by atoms with Gasteiger partial charge in [-0.15, -0.1) is 12.4 Å². The standard InChI is InChI=1S/C23H25NO3.ClH/c25-23(26)12-13-24-17-19-8-9-21-16-22(11-10-20(21)15-19)27-14-4-7-18-5-2-1-3-6-18;/h1-3,5-6,8-11,15-16,24H,4,7,12-14,17H2,(H,25,26);1H. The van der Waals surface area contributed by atoms with E-state index in [4.69, 9.17) is 9.84 Å². The van der Waals surface area contributed by atoms with Gasteiger partial charge < -0.3 is 15.2 Å². The third-order valence-corrected chi connectivity index (χ3v) is 4.44. The Morgan fingerprint density at radius 2 is 1.68 bits per heavy atom. The van der Waals surface area contributed by atoms with Gasteiger partial charge in [-0.05, 0) is 52.9 Å². The van der Waals surface area contributed by atoms with E-state index in [1.165, 1.54) is 5.56 Å². The van der Waals surface area contributed by atoms with Crippen LogP contribution in [0, 0.1) is 0 Å². The quantitative estimate of drug-likeness (QED) is 0.479. The number of carboxylic acids is 1. The second-order valence-electron chi connectivity index (χ2n) is 6.60. The van der Waals surface area contributed by atoms with Gasteiger partial charge in [-0.3, -0.25) is 4.79 Å². The lowest BCUT2D eigenvalue weighted by Gasteiger charge is -2.09. The van der Waals surface area contributed by atoms with Crippen molar-refractivity contribution in [2.75, 3.05) is 13.2 Å². The summed E-state index contributed by atoms with van der Waals surface area (Å²) < 4.78 is 5.90. The minimum Gasteiger partial charge on any atom is -0.494 e. The fourth-order valence-corrected chi connectivity index (χ4v) is 3.01. The van der Waals surface area contributed by atoms with Crippen LogP contribution in [0.15, 0.2) is 66.7 Å². The number of aliphatic carboxylic acids is 1. The summed E-state index contributed by atoms with van der Waals surface area (Å²) in [6.07, 6.45) is 2.15. The summed E-state index contributed by atoms with van der Waals surface area (Å²) in [5, 5.41) is 14.1. The number of rotatable bonds is 10. The van der Waals surface area contributed by atoms with Crippen molar-refractivity contribution < 1.29 is 14.6 Å². The molecular formula is C23H26ClNO3. The predicted octanol–water partition coefficient (Wildman–Crippen LogP) is 4.84. The first-order chi connectivity index (χ1) is 13.2. The third-order valence-electron chi connectivity index (χ3n) is 4.44. The summed E-state index contributed by atoms with van der Waals surface area (Å²) >= 11 is 0. The predicted molar refractivity (Wildman–Crippen MR) is 115 cm³/mol. The molecule has 4 nitrogen and oxygen atoms in total. The summed E-state index contributed by atoms with van der Waals surface area (Å²) in [7, 11) is 0. The molecule has 0 radical (unpaired) electrons. The Morgan fingerprint density at radius 1 is 0.929 bits per heavy atom. The average Bonchev–Trinajstić information content (AvgIpc) is 2.69. The van der Waals surface area contributed by atoms with Crippen molar-refractivity contribution in [3.63, 3.8) is 0 Å². The van der Waals surface area contributed by atoms with Crippen LogP contribution in [-0.2, 0) is 17.8 Å². The normalized spacial score (nSPS) is 10.4. The second kappa shape index (κ2) is 11.3. The van der Waals surface area contributed by atoms with E-state index >= 15 is 0 Å². The SMILES string of the molecule is Cl.O=C(O)CCNCc1ccc2cc(OCCCc3ccccc3)ccc2c1. The Bertz CT molecular complexity index is 883. The highest BCUT2D eigenvalue weighted by Crippen LogP contribution is 2.22. The van der Waals surface area contributed by atoms with Gasteiger partial charge in [0.25, 0.3) is 0 Å². The molecule has 0 fully saturated rings. The first kappa shape index (κ1) is 21.7. The highest BCUT2D eigenvalue weighted by molar-refractivity contribution is 5.85. The molecule has 0 saturated carbocycles. The number of fused-ring (bicyclic) bond motifs is 1. The summed E-state index contributed by atoms with van der Waals surface area (Å²) in [6, 6.07) is 22.9. The van der Waals surface area contributed by atoms with Gasteiger partial charge in [-0.1, -0.05) is 48.5 Å². The van der Waals surface area contributed by atoms with Crippen LogP contribution < -0.4 is 10.1 Å². The molecule has 148 valence electrons. The molecule has 0 saturated heterocycles. The minimum atomic E-state index is -0.780. The number of aryl methyl sites for hydroxylation is 1. The van der Waals surface area contributed by atoms with Crippen molar-refractivity contribution in [3.05, 3.63) is 77.9 Å². The number of carbonyl (C=O) groups is 1. The molecule has 2 N–H and O–H groups in total. The molecule has 3 aromatic carbocycles. The monoisotopic (exact) mass is 399 g/mol. The van der Waals surface area contributed by atoms with Crippen LogP contribution in [0.4, 0.5) is 0 Å². The van der Waals surface area contributed by atoms with Crippen LogP contribution >= 0.6 is 12.4 Å². The van der Waals surface area contributed by atoms with E-state index < -0.39 is 5.97 Å². The van der Waals surface area contributed by atoms with Gasteiger partial charge in [-0.25, -0.2) is 0 Å². The third kappa shape index (κ3) is 6.87. The first-order valence-corrected chi connectivity index (χ1v) is 9.33. The number of nitrogens with one attached hydrogen (secondary N) is 1. The van der Waals surface area contributed by atoms with Crippen molar-refractivity contribution >= 4 is 29.1 Å². The van der Waals surface area contributed by atoms with E-state index in [0.29, 0.717) is 19.7 Å². The molecule has 0 aromatic heterocycles. The van der Waals surface area contributed by atoms with Gasteiger partial charge >= 0.3 is 5.97 Å². The fourth-order valence-electron chi connectivity index (χ4n) is 3.01. The van der Waals surface area contributed by atoms with Gasteiger partial charge in [0.15, 0.2) is 0 Å². The molecule has 0 aliphatic carbocycles. The first-order valence-electron chi connectivity index (χ1n) is 9.33. The molecule has 0 amide bonds. The zero-order chi connectivity index (χ0) is 18.9. The van der Waals surface area contributed by atoms with Gasteiger partial charge in [0.1, 0.15) is 5.75 Å². The Kier molecular flexibility index (Phi) is 8.79. The Balaban J connectivity index is 0.00000280. The molecule has 28 heavy (non-hydrogen) atoms. The number of hydrogen-bond donors (Lipinski definition) is 2. The van der Waals surface area contributed by atoms with E-state index in [1.807, 2.05) is 12.1 Å². The molecule has 0 bridgehead atoms. The summed E-state index contributed by atoms with van der Waals surface area (Å²) in [5.41, 5.74) is 2.48. The lowest BCUT2D eigenvalue weighted by Crippen LogP contribution is -2.17. The van der Waals surface area contributed by atoms with Gasteiger partial charge in [0, 0.05) is 13.1 Å². The molecule has 0 heterocycles. The highest BCUT2D eigenvalue weighted by atomic mass is 35.5. The van der Waals surface area contributed by atoms with Crippen molar-refractivity contribution in [2.24, 2.45) is 0 Å². The molecule has 0 aliphatic heterocycles. The van der Waals surface area contributed by atoms with E-state index in [1.54, 1.807) is 0 Å². The maximum absolute atomic E-state index is 10.5. The molecule has 3 aromatic rings. The Hall–Kier alpha value is -2.56. The van der Waals surface area contributed by atoms with Gasteiger partial charge in [0.05, 0.1) is 13.0 Å². The summed E-state index contributed by atoms with van der Waals surface area (Å²) in [4.78, 5) is 10.5. The van der Waals surface area contributed by atoms with Crippen molar-refractivity contribution in [3.8, 4) is 5.75 Å². The van der Waals surface area contributed by atoms with Crippen LogP contribution in [0.3, 0.4) is 0 Å². The highest BCUT2D eigenvalue weighted by Gasteiger charge is 2.01. The van der Waals surface area contributed by atoms with Crippen molar-refractivity contribution in [1.29, 1.82) is 0 Å². The Morgan fingerprint density at radius 3 is 2.46 bits per heavy atom. The lowest BCUT2D eigenvalue weighted by atomic mass is 10.1. The number of halogens is 1. The van der Waals surface area contributed by atoms with E-state index in [2.05, 4.69) is 59.9 Å². The maximum atomic E-state index is 10.5. The van der Waals surface area contributed by atoms with Gasteiger partial charge in [-0.2, -0.15) is 0 Å². The molecule has 0 aliphatic rings. The Labute approximate surface area is 171 Å². The van der Waals surface area contributed by atoms with E-state index in [0.717, 1.165) is 34.9 Å². The van der Waals surface area contributed by atoms with Crippen LogP contribution in [0.1, 0.15) is 24.0 Å². The zero-order valence-corrected chi connectivity index (χ0v) is 16.6. The largest absolute Gasteiger partial charge is 0.494 e. The lowest BCUT2D eigenvalue weighted by molar-refractivity contribution is -0.136. The molecule has 5 heteroatoms. The van der Waals surface area contributed by atoms with Crippen LogP contribution in [0.5, 0.6) is 5.75 Å². The second-order valence-corrected chi connectivity index (χ2v) is 6.60. The molecule has 3 rings (SSSR count). The fraction of sp³-hybridized carbons (Fsp3) is 0.261. The molecular weight excluding hydrogens is 374 g/mol. The van der Waals surface area contributed by atoms with Crippen molar-refractivity contribution in [1.82, 2.24) is 5.32 Å². The van der Waals surface area contributed by atoms with Gasteiger partial charge in [0.2, 0.25) is 0 Å². The molecule has 0 unspecified atom stereocenters. The van der Waals surface area contributed by atoms with Crippen molar-refractivity contribution in [2.45, 2.75) is 25.8 Å². The number of carboxylic acid groups (broad SMARTS) is 1. The molecule has 0 atom stereocenters. The maximum Gasteiger partial charge on any atom is 0.304 e. The average molecular weight is 400 g/mol. The number of benzene rings is 3. The number of hydrogen-bond acceptors (Lipinski definition) is 3. The van der Waals surface area contributed by atoms with Crippen LogP contribution in [0.2, 0.25) is 0 Å². The molecule has 0 spiro atoms. The summed E-state index contributed by atoms with van der Waals surface area (Å²) in [6.45, 7) is 1.84. The smallest absolute Gasteiger partial charge is 0.304 e. The van der Waals surface area contributed by atoms with Crippen LogP contribution in [0.25, 0.3) is 10.8 Å². The summed E-state index contributed by atoms with van der Waals surface area (Å²) in [5.74, 6) is 0.111. The van der Waals surface area contributed by atoms with E-state index in [-0.39, 0.29) is 18.8 Å². The topological polar surface area (TPSA) is 58.6 Å². The minimum absolute atomic E-state index is 0.